The summed E-state index contributed by atoms with van der Waals surface area (Å²) in [6, 6.07) is 9.84. The molecule has 142 valence electrons. The molecular formula is C20H28N2O4. The van der Waals surface area contributed by atoms with E-state index in [2.05, 4.69) is 5.32 Å². The summed E-state index contributed by atoms with van der Waals surface area (Å²) in [5, 5.41) is 2.93. The van der Waals surface area contributed by atoms with Crippen molar-refractivity contribution in [3.63, 3.8) is 0 Å². The van der Waals surface area contributed by atoms with Gasteiger partial charge in [0.1, 0.15) is 12.2 Å². The summed E-state index contributed by atoms with van der Waals surface area (Å²) >= 11 is 0. The zero-order chi connectivity index (χ0) is 18.7. The van der Waals surface area contributed by atoms with Crippen LogP contribution in [0.15, 0.2) is 30.3 Å². The number of alkyl carbamates (subject to hydrolysis) is 1. The van der Waals surface area contributed by atoms with Gasteiger partial charge in [-0.25, -0.2) is 9.59 Å². The van der Waals surface area contributed by atoms with E-state index in [0.29, 0.717) is 31.5 Å². The van der Waals surface area contributed by atoms with Crippen LogP contribution < -0.4 is 5.32 Å². The fourth-order valence-corrected chi connectivity index (χ4v) is 3.47. The van der Waals surface area contributed by atoms with Gasteiger partial charge in [-0.15, -0.1) is 0 Å². The van der Waals surface area contributed by atoms with E-state index in [1.165, 1.54) is 0 Å². The molecule has 0 bridgehead atoms. The van der Waals surface area contributed by atoms with Crippen LogP contribution in [0.25, 0.3) is 0 Å². The Morgan fingerprint density at radius 2 is 1.96 bits per heavy atom. The van der Waals surface area contributed by atoms with E-state index >= 15 is 0 Å². The molecule has 3 unspecified atom stereocenters. The van der Waals surface area contributed by atoms with Gasteiger partial charge in [-0.1, -0.05) is 30.3 Å². The molecule has 2 fully saturated rings. The lowest BCUT2D eigenvalue weighted by atomic mass is 10.0. The highest BCUT2D eigenvalue weighted by molar-refractivity contribution is 5.69. The van der Waals surface area contributed by atoms with E-state index in [0.717, 1.165) is 18.4 Å². The summed E-state index contributed by atoms with van der Waals surface area (Å²) in [6.07, 6.45) is 1.30. The number of carbonyl (C=O) groups excluding carboxylic acids is 2. The third-order valence-corrected chi connectivity index (χ3v) is 4.84. The highest BCUT2D eigenvalue weighted by Gasteiger charge is 2.47. The molecule has 1 aliphatic heterocycles. The molecule has 1 N–H and O–H groups in total. The minimum Gasteiger partial charge on any atom is -0.445 e. The minimum atomic E-state index is -0.485. The van der Waals surface area contributed by atoms with Crippen LogP contribution in [0.5, 0.6) is 0 Å². The zero-order valence-corrected chi connectivity index (χ0v) is 15.7. The molecule has 6 heteroatoms. The number of amides is 2. The molecular weight excluding hydrogens is 332 g/mol. The highest BCUT2D eigenvalue weighted by Crippen LogP contribution is 2.42. The lowest BCUT2D eigenvalue weighted by molar-refractivity contribution is 0.0518. The van der Waals surface area contributed by atoms with Crippen molar-refractivity contribution in [1.29, 1.82) is 0 Å². The lowest BCUT2D eigenvalue weighted by Gasteiger charge is -2.20. The number of likely N-dealkylation sites (tertiary alicyclic amines) is 1. The van der Waals surface area contributed by atoms with Crippen LogP contribution in [0.2, 0.25) is 0 Å². The maximum absolute atomic E-state index is 12.2. The van der Waals surface area contributed by atoms with Crippen LogP contribution in [0.3, 0.4) is 0 Å². The molecule has 2 amide bonds. The molecule has 1 aromatic rings. The SMILES string of the molecule is CC(C)(C)OC(=O)NC1CC1C1CCN(C(=O)OCc2ccccc2)C1. The second kappa shape index (κ2) is 7.56. The van der Waals surface area contributed by atoms with Crippen molar-refractivity contribution in [2.24, 2.45) is 11.8 Å². The van der Waals surface area contributed by atoms with E-state index < -0.39 is 5.60 Å². The summed E-state index contributed by atoms with van der Waals surface area (Å²) < 4.78 is 10.7. The predicted octanol–water partition coefficient (Wildman–Crippen LogP) is 3.56. The average molecular weight is 360 g/mol. The van der Waals surface area contributed by atoms with Crippen molar-refractivity contribution >= 4 is 12.2 Å². The van der Waals surface area contributed by atoms with Gasteiger partial charge in [0.25, 0.3) is 0 Å². The first-order valence-corrected chi connectivity index (χ1v) is 9.27. The Kier molecular flexibility index (Phi) is 5.39. The van der Waals surface area contributed by atoms with Crippen molar-refractivity contribution in [2.45, 2.75) is 51.9 Å². The minimum absolute atomic E-state index is 0.162. The van der Waals surface area contributed by atoms with Gasteiger partial charge in [0.2, 0.25) is 0 Å². The number of nitrogens with zero attached hydrogens (tertiary/aromatic N) is 1. The molecule has 0 spiro atoms. The standard InChI is InChI=1S/C20H28N2O4/c1-20(2,3)26-18(23)21-17-11-16(17)15-9-10-22(12-15)19(24)25-13-14-7-5-4-6-8-14/h4-8,15-17H,9-13H2,1-3H3,(H,21,23). The van der Waals surface area contributed by atoms with Crippen LogP contribution in [0.4, 0.5) is 9.59 Å². The summed E-state index contributed by atoms with van der Waals surface area (Å²) in [5.41, 5.74) is 0.502. The molecule has 2 aliphatic rings. The Balaban J connectivity index is 1.39. The van der Waals surface area contributed by atoms with Crippen LogP contribution in [-0.4, -0.2) is 41.8 Å². The fraction of sp³-hybridized carbons (Fsp3) is 0.600. The Morgan fingerprint density at radius 3 is 2.65 bits per heavy atom. The maximum Gasteiger partial charge on any atom is 0.410 e. The van der Waals surface area contributed by atoms with Crippen LogP contribution >= 0.6 is 0 Å². The fourth-order valence-electron chi connectivity index (χ4n) is 3.47. The molecule has 3 atom stereocenters. The Morgan fingerprint density at radius 1 is 1.23 bits per heavy atom. The molecule has 1 aliphatic carbocycles. The molecule has 0 aromatic heterocycles. The molecule has 1 saturated carbocycles. The Bertz CT molecular complexity index is 641. The van der Waals surface area contributed by atoms with Gasteiger partial charge in [-0.2, -0.15) is 0 Å². The Labute approximate surface area is 154 Å². The van der Waals surface area contributed by atoms with Gasteiger partial charge in [-0.3, -0.25) is 0 Å². The van der Waals surface area contributed by atoms with E-state index in [1.807, 2.05) is 51.1 Å². The van der Waals surface area contributed by atoms with Crippen LogP contribution in [0.1, 0.15) is 39.2 Å². The van der Waals surface area contributed by atoms with Crippen LogP contribution in [0, 0.1) is 11.8 Å². The third kappa shape index (κ3) is 5.13. The topological polar surface area (TPSA) is 67.9 Å². The number of hydrogen-bond acceptors (Lipinski definition) is 4. The maximum atomic E-state index is 12.2. The molecule has 1 saturated heterocycles. The monoisotopic (exact) mass is 360 g/mol. The van der Waals surface area contributed by atoms with E-state index in [-0.39, 0.29) is 18.2 Å². The molecule has 1 heterocycles. The van der Waals surface area contributed by atoms with Crippen molar-refractivity contribution < 1.29 is 19.1 Å². The van der Waals surface area contributed by atoms with Crippen molar-refractivity contribution in [3.8, 4) is 0 Å². The smallest absolute Gasteiger partial charge is 0.410 e. The van der Waals surface area contributed by atoms with Gasteiger partial charge >= 0.3 is 12.2 Å². The molecule has 26 heavy (non-hydrogen) atoms. The second-order valence-corrected chi connectivity index (χ2v) is 8.19. The number of rotatable bonds is 4. The van der Waals surface area contributed by atoms with Gasteiger partial charge in [-0.05, 0) is 51.0 Å². The number of carbonyl (C=O) groups is 2. The first-order valence-electron chi connectivity index (χ1n) is 9.27. The molecule has 0 radical (unpaired) electrons. The summed E-state index contributed by atoms with van der Waals surface area (Å²) in [7, 11) is 0. The van der Waals surface area contributed by atoms with Gasteiger partial charge in [0.15, 0.2) is 0 Å². The predicted molar refractivity (Wildman–Crippen MR) is 97.6 cm³/mol. The van der Waals surface area contributed by atoms with Crippen molar-refractivity contribution in [2.75, 3.05) is 13.1 Å². The summed E-state index contributed by atoms with van der Waals surface area (Å²) in [6.45, 7) is 7.28. The third-order valence-electron chi connectivity index (χ3n) is 4.84. The van der Waals surface area contributed by atoms with E-state index in [4.69, 9.17) is 9.47 Å². The summed E-state index contributed by atoms with van der Waals surface area (Å²) in [4.78, 5) is 25.9. The quantitative estimate of drug-likeness (QED) is 0.891. The summed E-state index contributed by atoms with van der Waals surface area (Å²) in [5.74, 6) is 0.841. The number of hydrogen-bond donors (Lipinski definition) is 1. The normalized spacial score (nSPS) is 24.9. The zero-order valence-electron chi connectivity index (χ0n) is 15.7. The van der Waals surface area contributed by atoms with E-state index in [9.17, 15) is 9.59 Å². The van der Waals surface area contributed by atoms with E-state index in [1.54, 1.807) is 4.90 Å². The largest absolute Gasteiger partial charge is 0.445 e. The highest BCUT2D eigenvalue weighted by atomic mass is 16.6. The second-order valence-electron chi connectivity index (χ2n) is 8.19. The first kappa shape index (κ1) is 18.5. The number of nitrogens with one attached hydrogen (secondary N) is 1. The lowest BCUT2D eigenvalue weighted by Crippen LogP contribution is -2.35. The van der Waals surface area contributed by atoms with Crippen molar-refractivity contribution in [3.05, 3.63) is 35.9 Å². The molecule has 6 nitrogen and oxygen atoms in total. The number of ether oxygens (including phenoxy) is 2. The first-order chi connectivity index (χ1) is 12.3. The Hall–Kier alpha value is -2.24. The molecule has 1 aromatic carbocycles. The van der Waals surface area contributed by atoms with Crippen LogP contribution in [-0.2, 0) is 16.1 Å². The van der Waals surface area contributed by atoms with Crippen molar-refractivity contribution in [1.82, 2.24) is 10.2 Å². The molecule has 3 rings (SSSR count). The van der Waals surface area contributed by atoms with Gasteiger partial charge < -0.3 is 19.7 Å². The average Bonchev–Trinajstić information content (AvgIpc) is 3.15. The van der Waals surface area contributed by atoms with Gasteiger partial charge in [0.05, 0.1) is 0 Å². The van der Waals surface area contributed by atoms with Gasteiger partial charge in [0, 0.05) is 19.1 Å². The number of benzene rings is 1.